The average Bonchev–Trinajstić information content (AvgIpc) is 2.67. The van der Waals surface area contributed by atoms with Crippen molar-refractivity contribution in [3.63, 3.8) is 0 Å². The fourth-order valence-corrected chi connectivity index (χ4v) is 3.37. The lowest BCUT2D eigenvalue weighted by Crippen LogP contribution is -3.13. The summed E-state index contributed by atoms with van der Waals surface area (Å²) in [7, 11) is 0. The van der Waals surface area contributed by atoms with Crippen LogP contribution in [-0.2, 0) is 17.5 Å². The predicted molar refractivity (Wildman–Crippen MR) is 101 cm³/mol. The van der Waals surface area contributed by atoms with Crippen LogP contribution in [0.2, 0.25) is 5.02 Å². The first-order valence-electron chi connectivity index (χ1n) is 8.89. The summed E-state index contributed by atoms with van der Waals surface area (Å²) in [6.45, 7) is 3.74. The molecule has 0 radical (unpaired) electrons. The van der Waals surface area contributed by atoms with Gasteiger partial charge in [0.1, 0.15) is 6.54 Å². The van der Waals surface area contributed by atoms with Crippen molar-refractivity contribution in [1.29, 1.82) is 0 Å². The monoisotopic (exact) mass is 410 g/mol. The SMILES string of the molecule is O=C(/C=C/c1ccc(Cl)c(C(F)(F)F)c1)N1CC[NH+](Cc2ccncc2)CC1. The fraction of sp³-hybridized carbons (Fsp3) is 0.300. The Balaban J connectivity index is 1.56. The Morgan fingerprint density at radius 1 is 1.18 bits per heavy atom. The van der Waals surface area contributed by atoms with Gasteiger partial charge in [-0.25, -0.2) is 0 Å². The molecule has 0 aliphatic carbocycles. The lowest BCUT2D eigenvalue weighted by Gasteiger charge is -2.31. The number of alkyl halides is 3. The van der Waals surface area contributed by atoms with Crippen LogP contribution in [0.1, 0.15) is 16.7 Å². The molecule has 1 N–H and O–H groups in total. The van der Waals surface area contributed by atoms with Crippen molar-refractivity contribution in [2.24, 2.45) is 0 Å². The molecule has 148 valence electrons. The first-order chi connectivity index (χ1) is 13.3. The Labute approximate surface area is 166 Å². The second kappa shape index (κ2) is 8.75. The molecule has 1 fully saturated rings. The van der Waals surface area contributed by atoms with Crippen LogP contribution in [0.5, 0.6) is 0 Å². The van der Waals surface area contributed by atoms with Gasteiger partial charge in [0.15, 0.2) is 0 Å². The van der Waals surface area contributed by atoms with Gasteiger partial charge in [0.25, 0.3) is 0 Å². The molecule has 1 aromatic heterocycles. The molecule has 2 heterocycles. The van der Waals surface area contributed by atoms with Crippen LogP contribution in [0.3, 0.4) is 0 Å². The molecule has 0 saturated carbocycles. The Morgan fingerprint density at radius 2 is 1.86 bits per heavy atom. The minimum atomic E-state index is -4.53. The Hall–Kier alpha value is -2.38. The van der Waals surface area contributed by atoms with Crippen molar-refractivity contribution in [3.05, 3.63) is 70.5 Å². The molecule has 1 saturated heterocycles. The molecule has 1 amide bonds. The van der Waals surface area contributed by atoms with Crippen molar-refractivity contribution >= 4 is 23.6 Å². The molecule has 2 aromatic rings. The maximum Gasteiger partial charge on any atom is 0.417 e. The molecule has 1 aliphatic heterocycles. The standard InChI is InChI=1S/C20H19ClF3N3O/c21-18-3-1-15(13-17(18)20(22,23)24)2-4-19(28)27-11-9-26(10-12-27)14-16-5-7-25-8-6-16/h1-8,13H,9-12,14H2/p+1/b4-2+. The number of carbonyl (C=O) groups excluding carboxylic acids is 1. The summed E-state index contributed by atoms with van der Waals surface area (Å²) in [5.41, 5.74) is 0.581. The number of quaternary nitrogens is 1. The Bertz CT molecular complexity index is 848. The van der Waals surface area contributed by atoms with Gasteiger partial charge in [-0.15, -0.1) is 0 Å². The molecule has 0 atom stereocenters. The number of halogens is 4. The number of rotatable bonds is 4. The largest absolute Gasteiger partial charge is 0.417 e. The van der Waals surface area contributed by atoms with Crippen LogP contribution in [0.25, 0.3) is 6.08 Å². The highest BCUT2D eigenvalue weighted by molar-refractivity contribution is 6.31. The average molecular weight is 411 g/mol. The first kappa shape index (κ1) is 20.4. The number of pyridine rings is 1. The van der Waals surface area contributed by atoms with E-state index in [2.05, 4.69) is 4.98 Å². The van der Waals surface area contributed by atoms with Crippen LogP contribution in [0.15, 0.2) is 48.8 Å². The van der Waals surface area contributed by atoms with E-state index in [-0.39, 0.29) is 16.5 Å². The minimum Gasteiger partial charge on any atom is -0.328 e. The normalized spacial score (nSPS) is 15.9. The maximum atomic E-state index is 12.9. The Kier molecular flexibility index (Phi) is 6.36. The van der Waals surface area contributed by atoms with E-state index in [4.69, 9.17) is 11.6 Å². The van der Waals surface area contributed by atoms with Crippen LogP contribution >= 0.6 is 11.6 Å². The van der Waals surface area contributed by atoms with E-state index in [0.29, 0.717) is 13.1 Å². The maximum absolute atomic E-state index is 12.9. The van der Waals surface area contributed by atoms with Crippen LogP contribution in [0.4, 0.5) is 13.2 Å². The molecule has 3 rings (SSSR count). The van der Waals surface area contributed by atoms with Crippen LogP contribution in [0, 0.1) is 0 Å². The molecule has 0 unspecified atom stereocenters. The number of amides is 1. The van der Waals surface area contributed by atoms with Gasteiger partial charge in [-0.05, 0) is 35.9 Å². The van der Waals surface area contributed by atoms with E-state index in [1.807, 2.05) is 12.1 Å². The quantitative estimate of drug-likeness (QED) is 0.787. The lowest BCUT2D eigenvalue weighted by molar-refractivity contribution is -0.917. The van der Waals surface area contributed by atoms with Crippen molar-refractivity contribution in [1.82, 2.24) is 9.88 Å². The second-order valence-corrected chi connectivity index (χ2v) is 7.09. The number of hydrogen-bond donors (Lipinski definition) is 1. The summed E-state index contributed by atoms with van der Waals surface area (Å²) in [4.78, 5) is 19.5. The molecule has 8 heteroatoms. The van der Waals surface area contributed by atoms with E-state index in [9.17, 15) is 18.0 Å². The highest BCUT2D eigenvalue weighted by atomic mass is 35.5. The second-order valence-electron chi connectivity index (χ2n) is 6.68. The lowest BCUT2D eigenvalue weighted by atomic mass is 10.1. The van der Waals surface area contributed by atoms with Gasteiger partial charge in [-0.3, -0.25) is 9.78 Å². The number of nitrogens with one attached hydrogen (secondary N) is 1. The topological polar surface area (TPSA) is 37.6 Å². The summed E-state index contributed by atoms with van der Waals surface area (Å²) in [6, 6.07) is 7.56. The van der Waals surface area contributed by atoms with Crippen LogP contribution in [-0.4, -0.2) is 42.0 Å². The Morgan fingerprint density at radius 3 is 2.50 bits per heavy atom. The van der Waals surface area contributed by atoms with Crippen molar-refractivity contribution in [2.45, 2.75) is 12.7 Å². The van der Waals surface area contributed by atoms with Gasteiger partial charge in [-0.1, -0.05) is 17.7 Å². The van der Waals surface area contributed by atoms with Gasteiger partial charge in [-0.2, -0.15) is 13.2 Å². The molecular weight excluding hydrogens is 391 g/mol. The van der Waals surface area contributed by atoms with Gasteiger partial charge in [0.2, 0.25) is 5.91 Å². The third-order valence-corrected chi connectivity index (χ3v) is 5.03. The molecule has 1 aromatic carbocycles. The van der Waals surface area contributed by atoms with Gasteiger partial charge < -0.3 is 9.80 Å². The predicted octanol–water partition coefficient (Wildman–Crippen LogP) is 2.69. The fourth-order valence-electron chi connectivity index (χ4n) is 3.15. The summed E-state index contributed by atoms with van der Waals surface area (Å²) in [6.07, 6.45) is 1.71. The van der Waals surface area contributed by atoms with E-state index < -0.39 is 11.7 Å². The zero-order chi connectivity index (χ0) is 20.1. The van der Waals surface area contributed by atoms with Gasteiger partial charge in [0.05, 0.1) is 36.8 Å². The highest BCUT2D eigenvalue weighted by Gasteiger charge is 2.33. The molecule has 0 spiro atoms. The smallest absolute Gasteiger partial charge is 0.328 e. The minimum absolute atomic E-state index is 0.202. The van der Waals surface area contributed by atoms with Gasteiger partial charge in [0, 0.05) is 24.0 Å². The summed E-state index contributed by atoms with van der Waals surface area (Å²) < 4.78 is 38.8. The van der Waals surface area contributed by atoms with Crippen molar-refractivity contribution in [3.8, 4) is 0 Å². The molecular formula is C20H20ClF3N3O+. The molecule has 1 aliphatic rings. The number of carbonyl (C=O) groups is 1. The number of benzene rings is 1. The molecule has 0 bridgehead atoms. The number of piperazine rings is 1. The molecule has 4 nitrogen and oxygen atoms in total. The highest BCUT2D eigenvalue weighted by Crippen LogP contribution is 2.35. The van der Waals surface area contributed by atoms with Crippen molar-refractivity contribution < 1.29 is 22.9 Å². The third-order valence-electron chi connectivity index (χ3n) is 4.70. The van der Waals surface area contributed by atoms with E-state index in [1.54, 1.807) is 17.3 Å². The van der Waals surface area contributed by atoms with Gasteiger partial charge >= 0.3 is 6.18 Å². The number of hydrogen-bond acceptors (Lipinski definition) is 2. The summed E-state index contributed by atoms with van der Waals surface area (Å²) in [5, 5.41) is -0.357. The molecule has 28 heavy (non-hydrogen) atoms. The summed E-state index contributed by atoms with van der Waals surface area (Å²) >= 11 is 5.61. The van der Waals surface area contributed by atoms with E-state index >= 15 is 0 Å². The third kappa shape index (κ3) is 5.33. The number of aromatic nitrogens is 1. The van der Waals surface area contributed by atoms with E-state index in [1.165, 1.54) is 34.7 Å². The van der Waals surface area contributed by atoms with E-state index in [0.717, 1.165) is 25.7 Å². The first-order valence-corrected chi connectivity index (χ1v) is 9.27. The summed E-state index contributed by atoms with van der Waals surface area (Å²) in [5.74, 6) is -0.202. The zero-order valence-corrected chi connectivity index (χ0v) is 15.8. The number of nitrogens with zero attached hydrogens (tertiary/aromatic N) is 2. The zero-order valence-electron chi connectivity index (χ0n) is 15.0. The van der Waals surface area contributed by atoms with Crippen LogP contribution < -0.4 is 4.90 Å². The van der Waals surface area contributed by atoms with Crippen molar-refractivity contribution in [2.75, 3.05) is 26.2 Å².